The number of urea groups is 1. The number of hydrogen-bond acceptors (Lipinski definition) is 7. The van der Waals surface area contributed by atoms with Gasteiger partial charge in [-0.15, -0.1) is 10.2 Å². The van der Waals surface area contributed by atoms with E-state index in [1.165, 1.54) is 0 Å². The topological polar surface area (TPSA) is 114 Å². The van der Waals surface area contributed by atoms with Crippen LogP contribution in [0, 0.1) is 0 Å². The van der Waals surface area contributed by atoms with E-state index in [0.717, 1.165) is 46.7 Å². The van der Waals surface area contributed by atoms with Gasteiger partial charge in [0.1, 0.15) is 11.0 Å². The minimum absolute atomic E-state index is 0.136. The van der Waals surface area contributed by atoms with Gasteiger partial charge in [0.25, 0.3) is 0 Å². The van der Waals surface area contributed by atoms with E-state index in [0.29, 0.717) is 16.5 Å². The lowest BCUT2D eigenvalue weighted by molar-refractivity contribution is -0.137. The molecule has 3 amide bonds. The van der Waals surface area contributed by atoms with Crippen molar-refractivity contribution < 1.29 is 32.2 Å². The lowest BCUT2D eigenvalue weighted by Crippen LogP contribution is -2.46. The quantitative estimate of drug-likeness (QED) is 0.284. The molecule has 0 aliphatic carbocycles. The van der Waals surface area contributed by atoms with Gasteiger partial charge in [-0.25, -0.2) is 4.79 Å². The molecule has 0 fully saturated rings. The van der Waals surface area contributed by atoms with E-state index in [9.17, 15) is 22.8 Å². The standard InChI is InChI=1S/C26H20F3N5O4S/c27-26(28,29)17-7-9-18(10-8-17)30-24(36)31-19(12-15-4-2-1-3-5-15)22(35)32-25-34-33-23(39-25)16-6-11-20-21(13-16)38-14-37-20/h1-11,13,19H,12,14H2,(H2,30,31,36)(H,32,34,35). The van der Waals surface area contributed by atoms with Crippen LogP contribution in [0.2, 0.25) is 0 Å². The molecule has 0 spiro atoms. The van der Waals surface area contributed by atoms with E-state index < -0.39 is 29.7 Å². The average Bonchev–Trinajstić information content (AvgIpc) is 3.58. The number of nitrogens with zero attached hydrogens (tertiary/aromatic N) is 2. The van der Waals surface area contributed by atoms with Gasteiger partial charge in [-0.1, -0.05) is 41.7 Å². The van der Waals surface area contributed by atoms with Crippen LogP contribution in [0.4, 0.5) is 28.8 Å². The number of carbonyl (C=O) groups excluding carboxylic acids is 2. The number of ether oxygens (including phenoxy) is 2. The highest BCUT2D eigenvalue weighted by molar-refractivity contribution is 7.18. The summed E-state index contributed by atoms with van der Waals surface area (Å²) in [6, 6.07) is 16.5. The maximum Gasteiger partial charge on any atom is 0.416 e. The predicted molar refractivity (Wildman–Crippen MR) is 138 cm³/mol. The van der Waals surface area contributed by atoms with Crippen molar-refractivity contribution in [1.29, 1.82) is 0 Å². The van der Waals surface area contributed by atoms with Gasteiger partial charge in [0.15, 0.2) is 11.5 Å². The molecule has 4 aromatic rings. The molecule has 0 bridgehead atoms. The molecule has 5 rings (SSSR count). The normalized spacial score (nSPS) is 13.0. The Hall–Kier alpha value is -4.65. The van der Waals surface area contributed by atoms with Crippen LogP contribution in [-0.4, -0.2) is 35.0 Å². The number of halogens is 3. The first-order chi connectivity index (χ1) is 18.7. The highest BCUT2D eigenvalue weighted by atomic mass is 32.1. The Labute approximate surface area is 224 Å². The number of anilines is 2. The number of carbonyl (C=O) groups is 2. The summed E-state index contributed by atoms with van der Waals surface area (Å²) in [6.07, 6.45) is -4.34. The second kappa shape index (κ2) is 11.0. The maximum absolute atomic E-state index is 13.2. The third-order valence-corrected chi connectivity index (χ3v) is 6.54. The Bertz CT molecular complexity index is 1480. The molecule has 3 N–H and O–H groups in total. The van der Waals surface area contributed by atoms with Crippen LogP contribution in [0.25, 0.3) is 10.6 Å². The van der Waals surface area contributed by atoms with Crippen molar-refractivity contribution >= 4 is 34.1 Å². The summed E-state index contributed by atoms with van der Waals surface area (Å²) in [6.45, 7) is 0.137. The van der Waals surface area contributed by atoms with Gasteiger partial charge in [0.2, 0.25) is 17.8 Å². The monoisotopic (exact) mass is 555 g/mol. The summed E-state index contributed by atoms with van der Waals surface area (Å²) in [4.78, 5) is 25.8. The van der Waals surface area contributed by atoms with Gasteiger partial charge in [0.05, 0.1) is 5.56 Å². The zero-order valence-corrected chi connectivity index (χ0v) is 20.8. The molecule has 1 aromatic heterocycles. The number of nitrogens with one attached hydrogen (secondary N) is 3. The molecule has 3 aromatic carbocycles. The summed E-state index contributed by atoms with van der Waals surface area (Å²) in [5.74, 6) is 0.662. The SMILES string of the molecule is O=C(Nc1ccc(C(F)(F)F)cc1)NC(Cc1ccccc1)C(=O)Nc1nnc(-c2ccc3c(c2)OCO3)s1. The van der Waals surface area contributed by atoms with Gasteiger partial charge in [-0.3, -0.25) is 10.1 Å². The fourth-order valence-corrected chi connectivity index (χ4v) is 4.48. The van der Waals surface area contributed by atoms with E-state index in [-0.39, 0.29) is 24.0 Å². The second-order valence-electron chi connectivity index (χ2n) is 8.39. The van der Waals surface area contributed by atoms with E-state index >= 15 is 0 Å². The largest absolute Gasteiger partial charge is 0.454 e. The minimum atomic E-state index is -4.49. The van der Waals surface area contributed by atoms with Gasteiger partial charge >= 0.3 is 12.2 Å². The fourth-order valence-electron chi connectivity index (χ4n) is 3.74. The van der Waals surface area contributed by atoms with Crippen molar-refractivity contribution in [2.75, 3.05) is 17.4 Å². The molecule has 1 aliphatic heterocycles. The first kappa shape index (κ1) is 26.0. The van der Waals surface area contributed by atoms with Gasteiger partial charge in [-0.2, -0.15) is 13.2 Å². The van der Waals surface area contributed by atoms with Crippen LogP contribution in [0.1, 0.15) is 11.1 Å². The number of alkyl halides is 3. The van der Waals surface area contributed by atoms with E-state index in [2.05, 4.69) is 26.1 Å². The van der Waals surface area contributed by atoms with Crippen molar-refractivity contribution in [3.05, 3.63) is 83.9 Å². The Morgan fingerprint density at radius 1 is 0.923 bits per heavy atom. The molecule has 9 nitrogen and oxygen atoms in total. The van der Waals surface area contributed by atoms with Crippen LogP contribution < -0.4 is 25.4 Å². The summed E-state index contributed by atoms with van der Waals surface area (Å²) in [5.41, 5.74) is 0.807. The fraction of sp³-hybridized carbons (Fsp3) is 0.154. The Morgan fingerprint density at radius 3 is 2.41 bits per heavy atom. The molecule has 2 heterocycles. The molecule has 1 atom stereocenters. The van der Waals surface area contributed by atoms with E-state index in [4.69, 9.17) is 9.47 Å². The summed E-state index contributed by atoms with van der Waals surface area (Å²) in [5, 5.41) is 16.6. The summed E-state index contributed by atoms with van der Waals surface area (Å²) in [7, 11) is 0. The lowest BCUT2D eigenvalue weighted by atomic mass is 10.1. The third kappa shape index (κ3) is 6.44. The Balaban J connectivity index is 1.27. The first-order valence-corrected chi connectivity index (χ1v) is 12.4. The zero-order valence-electron chi connectivity index (χ0n) is 20.0. The molecule has 0 saturated heterocycles. The van der Waals surface area contributed by atoms with E-state index in [1.807, 2.05) is 6.07 Å². The van der Waals surface area contributed by atoms with Gasteiger partial charge < -0.3 is 20.1 Å². The number of benzene rings is 3. The van der Waals surface area contributed by atoms with Gasteiger partial charge in [-0.05, 0) is 48.0 Å². The van der Waals surface area contributed by atoms with E-state index in [1.54, 1.807) is 42.5 Å². The number of hydrogen-bond donors (Lipinski definition) is 3. The third-order valence-electron chi connectivity index (χ3n) is 5.65. The average molecular weight is 556 g/mol. The van der Waals surface area contributed by atoms with Crippen LogP contribution >= 0.6 is 11.3 Å². The minimum Gasteiger partial charge on any atom is -0.454 e. The summed E-state index contributed by atoms with van der Waals surface area (Å²) >= 11 is 1.14. The molecule has 1 unspecified atom stereocenters. The van der Waals surface area contributed by atoms with Crippen LogP contribution in [-0.2, 0) is 17.4 Å². The molecule has 0 saturated carbocycles. The number of rotatable bonds is 7. The second-order valence-corrected chi connectivity index (χ2v) is 9.36. The van der Waals surface area contributed by atoms with Crippen LogP contribution in [0.15, 0.2) is 72.8 Å². The van der Waals surface area contributed by atoms with Crippen molar-refractivity contribution in [2.45, 2.75) is 18.6 Å². The highest BCUT2D eigenvalue weighted by Gasteiger charge is 2.30. The molecular weight excluding hydrogens is 535 g/mol. The van der Waals surface area contributed by atoms with Crippen LogP contribution in [0.5, 0.6) is 11.5 Å². The molecule has 1 aliphatic rings. The first-order valence-electron chi connectivity index (χ1n) is 11.6. The maximum atomic E-state index is 13.2. The number of fused-ring (bicyclic) bond motifs is 1. The van der Waals surface area contributed by atoms with Crippen LogP contribution in [0.3, 0.4) is 0 Å². The molecular formula is C26H20F3N5O4S. The molecule has 39 heavy (non-hydrogen) atoms. The summed E-state index contributed by atoms with van der Waals surface area (Å²) < 4.78 is 49.1. The number of aromatic nitrogens is 2. The molecule has 200 valence electrons. The number of amides is 3. The lowest BCUT2D eigenvalue weighted by Gasteiger charge is -2.18. The van der Waals surface area contributed by atoms with Crippen molar-refractivity contribution in [3.63, 3.8) is 0 Å². The Morgan fingerprint density at radius 2 is 1.67 bits per heavy atom. The Kier molecular flexibility index (Phi) is 7.32. The predicted octanol–water partition coefficient (Wildman–Crippen LogP) is 5.32. The highest BCUT2D eigenvalue weighted by Crippen LogP contribution is 2.37. The van der Waals surface area contributed by atoms with Crippen molar-refractivity contribution in [1.82, 2.24) is 15.5 Å². The molecule has 13 heteroatoms. The van der Waals surface area contributed by atoms with Gasteiger partial charge in [0, 0.05) is 17.7 Å². The zero-order chi connectivity index (χ0) is 27.4. The smallest absolute Gasteiger partial charge is 0.416 e. The molecule has 0 radical (unpaired) electrons. The van der Waals surface area contributed by atoms with Crippen molar-refractivity contribution in [2.24, 2.45) is 0 Å². The van der Waals surface area contributed by atoms with Crippen molar-refractivity contribution in [3.8, 4) is 22.1 Å².